The fraction of sp³-hybridized carbons (Fsp3) is 0.929. The first-order valence-corrected chi connectivity index (χ1v) is 7.90. The molecule has 108 valence electrons. The molecular formula is C14H27N5. The predicted molar refractivity (Wildman–Crippen MR) is 77.8 cm³/mol. The molecule has 0 aromatic carbocycles. The zero-order chi connectivity index (χ0) is 13.1. The Morgan fingerprint density at radius 2 is 1.79 bits per heavy atom. The fourth-order valence-electron chi connectivity index (χ4n) is 3.82. The summed E-state index contributed by atoms with van der Waals surface area (Å²) in [6, 6.07) is 1.21. The number of guanidine groups is 1. The summed E-state index contributed by atoms with van der Waals surface area (Å²) in [7, 11) is 0. The molecule has 1 aliphatic carbocycles. The molecule has 1 unspecified atom stereocenters. The van der Waals surface area contributed by atoms with Crippen LogP contribution in [0.5, 0.6) is 0 Å². The Morgan fingerprint density at radius 3 is 2.58 bits per heavy atom. The lowest BCUT2D eigenvalue weighted by molar-refractivity contribution is 0.254. The Balaban J connectivity index is 1.67. The highest BCUT2D eigenvalue weighted by molar-refractivity contribution is 5.79. The molecule has 19 heavy (non-hydrogen) atoms. The Hall–Kier alpha value is -0.810. The molecule has 2 saturated heterocycles. The average molecular weight is 265 g/mol. The van der Waals surface area contributed by atoms with Crippen molar-refractivity contribution >= 4 is 5.96 Å². The molecular weight excluding hydrogens is 238 g/mol. The number of rotatable bonds is 1. The second kappa shape index (κ2) is 6.09. The van der Waals surface area contributed by atoms with Gasteiger partial charge in [0.25, 0.3) is 0 Å². The highest BCUT2D eigenvalue weighted by atomic mass is 15.4. The SMILES string of the molecule is NNC(=NC1CCCC1)N1CCCN2CCCC2C1. The number of nitrogens with one attached hydrogen (secondary N) is 1. The van der Waals surface area contributed by atoms with Gasteiger partial charge in [0.05, 0.1) is 6.04 Å². The molecule has 3 rings (SSSR count). The van der Waals surface area contributed by atoms with E-state index in [1.54, 1.807) is 0 Å². The molecule has 3 fully saturated rings. The molecule has 5 nitrogen and oxygen atoms in total. The van der Waals surface area contributed by atoms with Crippen LogP contribution in [0.1, 0.15) is 44.9 Å². The van der Waals surface area contributed by atoms with Crippen molar-refractivity contribution in [2.45, 2.75) is 57.0 Å². The molecule has 0 aromatic heterocycles. The van der Waals surface area contributed by atoms with Crippen LogP contribution >= 0.6 is 0 Å². The molecule has 0 radical (unpaired) electrons. The molecule has 2 aliphatic heterocycles. The summed E-state index contributed by atoms with van der Waals surface area (Å²) < 4.78 is 0. The number of hydrazine groups is 1. The minimum Gasteiger partial charge on any atom is -0.340 e. The van der Waals surface area contributed by atoms with Gasteiger partial charge in [0.1, 0.15) is 0 Å². The summed E-state index contributed by atoms with van der Waals surface area (Å²) in [5, 5.41) is 0. The van der Waals surface area contributed by atoms with Crippen LogP contribution in [0.25, 0.3) is 0 Å². The van der Waals surface area contributed by atoms with Gasteiger partial charge in [-0.1, -0.05) is 12.8 Å². The topological polar surface area (TPSA) is 56.9 Å². The lowest BCUT2D eigenvalue weighted by atomic mass is 10.2. The van der Waals surface area contributed by atoms with Crippen LogP contribution in [0.15, 0.2) is 4.99 Å². The number of aliphatic imine (C=N–C) groups is 1. The van der Waals surface area contributed by atoms with Crippen molar-refractivity contribution < 1.29 is 0 Å². The van der Waals surface area contributed by atoms with E-state index in [-0.39, 0.29) is 0 Å². The van der Waals surface area contributed by atoms with E-state index in [1.807, 2.05) is 0 Å². The average Bonchev–Trinajstić information content (AvgIpc) is 3.04. The standard InChI is InChI=1S/C14H27N5/c15-17-14(16-12-5-1-2-6-12)19-10-4-9-18-8-3-7-13(18)11-19/h12-13H,1-11,15H2,(H,16,17). The molecule has 0 aromatic rings. The third-order valence-electron chi connectivity index (χ3n) is 4.86. The largest absolute Gasteiger partial charge is 0.340 e. The van der Waals surface area contributed by atoms with Crippen LogP contribution in [0.2, 0.25) is 0 Å². The normalized spacial score (nSPS) is 30.5. The smallest absolute Gasteiger partial charge is 0.208 e. The highest BCUT2D eigenvalue weighted by Crippen LogP contribution is 2.23. The van der Waals surface area contributed by atoms with Gasteiger partial charge < -0.3 is 4.90 Å². The van der Waals surface area contributed by atoms with Crippen LogP contribution in [0, 0.1) is 0 Å². The van der Waals surface area contributed by atoms with Crippen molar-refractivity contribution in [3.8, 4) is 0 Å². The Labute approximate surface area is 116 Å². The first-order chi connectivity index (χ1) is 9.36. The number of hydrogen-bond donors (Lipinski definition) is 2. The second-order valence-electron chi connectivity index (χ2n) is 6.17. The molecule has 1 saturated carbocycles. The van der Waals surface area contributed by atoms with Gasteiger partial charge in [0.2, 0.25) is 5.96 Å². The summed E-state index contributed by atoms with van der Waals surface area (Å²) in [4.78, 5) is 9.89. The quantitative estimate of drug-likeness (QED) is 0.320. The van der Waals surface area contributed by atoms with Crippen LogP contribution in [-0.4, -0.2) is 54.0 Å². The van der Waals surface area contributed by atoms with Crippen LogP contribution in [0.3, 0.4) is 0 Å². The summed E-state index contributed by atoms with van der Waals surface area (Å²) >= 11 is 0. The van der Waals surface area contributed by atoms with Gasteiger partial charge in [-0.05, 0) is 38.6 Å². The first kappa shape index (κ1) is 13.2. The lowest BCUT2D eigenvalue weighted by Crippen LogP contribution is -2.48. The summed E-state index contributed by atoms with van der Waals surface area (Å²) in [6.45, 7) is 4.70. The van der Waals surface area contributed by atoms with Crippen LogP contribution in [0.4, 0.5) is 0 Å². The van der Waals surface area contributed by atoms with Gasteiger partial charge in [-0.15, -0.1) is 0 Å². The van der Waals surface area contributed by atoms with Crippen LogP contribution in [-0.2, 0) is 0 Å². The highest BCUT2D eigenvalue weighted by Gasteiger charge is 2.30. The molecule has 0 spiro atoms. The second-order valence-corrected chi connectivity index (χ2v) is 6.17. The van der Waals surface area contributed by atoms with Crippen molar-refractivity contribution in [1.29, 1.82) is 0 Å². The van der Waals surface area contributed by atoms with Gasteiger partial charge in [0, 0.05) is 25.7 Å². The van der Waals surface area contributed by atoms with Crippen molar-refractivity contribution in [3.05, 3.63) is 0 Å². The molecule has 0 bridgehead atoms. The first-order valence-electron chi connectivity index (χ1n) is 7.90. The summed E-state index contributed by atoms with van der Waals surface area (Å²) in [5.41, 5.74) is 2.86. The minimum atomic E-state index is 0.494. The van der Waals surface area contributed by atoms with E-state index in [0.29, 0.717) is 12.1 Å². The van der Waals surface area contributed by atoms with Crippen molar-refractivity contribution in [2.75, 3.05) is 26.2 Å². The van der Waals surface area contributed by atoms with E-state index in [1.165, 1.54) is 58.0 Å². The van der Waals surface area contributed by atoms with Gasteiger partial charge in [-0.25, -0.2) is 10.8 Å². The van der Waals surface area contributed by atoms with E-state index >= 15 is 0 Å². The monoisotopic (exact) mass is 265 g/mol. The molecule has 0 amide bonds. The van der Waals surface area contributed by atoms with E-state index in [9.17, 15) is 0 Å². The third-order valence-corrected chi connectivity index (χ3v) is 4.86. The van der Waals surface area contributed by atoms with Crippen molar-refractivity contribution in [3.63, 3.8) is 0 Å². The maximum atomic E-state index is 5.73. The number of nitrogens with two attached hydrogens (primary N) is 1. The third kappa shape index (κ3) is 3.03. The van der Waals surface area contributed by atoms with Crippen molar-refractivity contribution in [1.82, 2.24) is 15.2 Å². The Kier molecular flexibility index (Phi) is 4.23. The zero-order valence-electron chi connectivity index (χ0n) is 11.9. The van der Waals surface area contributed by atoms with Gasteiger partial charge in [-0.3, -0.25) is 10.3 Å². The maximum Gasteiger partial charge on any atom is 0.208 e. The predicted octanol–water partition coefficient (Wildman–Crippen LogP) is 0.918. The van der Waals surface area contributed by atoms with Gasteiger partial charge >= 0.3 is 0 Å². The summed E-state index contributed by atoms with van der Waals surface area (Å²) in [6.07, 6.45) is 9.01. The molecule has 3 N–H and O–H groups in total. The van der Waals surface area contributed by atoms with Gasteiger partial charge in [-0.2, -0.15) is 0 Å². The van der Waals surface area contributed by atoms with Crippen molar-refractivity contribution in [2.24, 2.45) is 10.8 Å². The molecule has 5 heteroatoms. The van der Waals surface area contributed by atoms with Crippen LogP contribution < -0.4 is 11.3 Å². The number of fused-ring (bicyclic) bond motifs is 1. The van der Waals surface area contributed by atoms with E-state index in [0.717, 1.165) is 19.0 Å². The Bertz CT molecular complexity index is 324. The number of hydrogen-bond acceptors (Lipinski definition) is 3. The summed E-state index contributed by atoms with van der Waals surface area (Å²) in [5.74, 6) is 6.67. The van der Waals surface area contributed by atoms with E-state index in [2.05, 4.69) is 15.2 Å². The Morgan fingerprint density at radius 1 is 1.00 bits per heavy atom. The fourth-order valence-corrected chi connectivity index (χ4v) is 3.82. The molecule has 1 atom stereocenters. The van der Waals surface area contributed by atoms with E-state index < -0.39 is 0 Å². The zero-order valence-corrected chi connectivity index (χ0v) is 11.9. The molecule has 3 aliphatic rings. The van der Waals surface area contributed by atoms with E-state index in [4.69, 9.17) is 10.8 Å². The number of nitrogens with zero attached hydrogens (tertiary/aromatic N) is 3. The van der Waals surface area contributed by atoms with Gasteiger partial charge in [0.15, 0.2) is 0 Å². The lowest BCUT2D eigenvalue weighted by Gasteiger charge is -2.28. The molecule has 2 heterocycles. The minimum absolute atomic E-state index is 0.494. The maximum absolute atomic E-state index is 5.73.